The minimum Gasteiger partial charge on any atom is -0.310 e. The first-order valence-corrected chi connectivity index (χ1v) is 5.71. The molecule has 0 spiro atoms. The molecule has 86 valence electrons. The fourth-order valence-electron chi connectivity index (χ4n) is 2.24. The second-order valence-corrected chi connectivity index (χ2v) is 4.35. The first-order valence-electron chi connectivity index (χ1n) is 5.71. The molecule has 1 aromatic rings. The summed E-state index contributed by atoms with van der Waals surface area (Å²) in [4.78, 5) is 11.0. The van der Waals surface area contributed by atoms with E-state index in [1.54, 1.807) is 13.0 Å². The molecule has 0 radical (unpaired) electrons. The number of halogens is 1. The molecule has 1 heterocycles. The highest BCUT2D eigenvalue weighted by Gasteiger charge is 2.19. The summed E-state index contributed by atoms with van der Waals surface area (Å²) in [5.41, 5.74) is 1.94. The molecule has 0 saturated carbocycles. The number of piperidine rings is 1. The number of hydrogen-bond acceptors (Lipinski definition) is 2. The number of carbonyl (C=O) groups is 1. The summed E-state index contributed by atoms with van der Waals surface area (Å²) < 4.78 is 13.5. The van der Waals surface area contributed by atoms with E-state index in [-0.39, 0.29) is 11.9 Å². The van der Waals surface area contributed by atoms with Crippen molar-refractivity contribution in [1.82, 2.24) is 5.32 Å². The molecule has 0 amide bonds. The SMILES string of the molecule is Cc1cc(C=O)c(C2CCCCN2)cc1F. The molecule has 0 bridgehead atoms. The third-order valence-electron chi connectivity index (χ3n) is 3.18. The molecule has 0 aromatic heterocycles. The van der Waals surface area contributed by atoms with Crippen molar-refractivity contribution in [3.8, 4) is 0 Å². The second-order valence-electron chi connectivity index (χ2n) is 4.35. The minimum absolute atomic E-state index is 0.129. The topological polar surface area (TPSA) is 29.1 Å². The summed E-state index contributed by atoms with van der Waals surface area (Å²) in [6, 6.07) is 3.26. The van der Waals surface area contributed by atoms with Crippen molar-refractivity contribution in [2.45, 2.75) is 32.2 Å². The van der Waals surface area contributed by atoms with Crippen LogP contribution < -0.4 is 5.32 Å². The van der Waals surface area contributed by atoms with Crippen LogP contribution in [0.15, 0.2) is 12.1 Å². The predicted octanol–water partition coefficient (Wildman–Crippen LogP) is 2.76. The quantitative estimate of drug-likeness (QED) is 0.778. The van der Waals surface area contributed by atoms with E-state index >= 15 is 0 Å². The average Bonchev–Trinajstić information content (AvgIpc) is 2.33. The van der Waals surface area contributed by atoms with E-state index in [1.807, 2.05) is 0 Å². The summed E-state index contributed by atoms with van der Waals surface area (Å²) in [6.07, 6.45) is 4.08. The van der Waals surface area contributed by atoms with Crippen LogP contribution in [0, 0.1) is 12.7 Å². The van der Waals surface area contributed by atoms with Gasteiger partial charge in [0.1, 0.15) is 12.1 Å². The number of aldehydes is 1. The Morgan fingerprint density at radius 2 is 2.25 bits per heavy atom. The zero-order valence-electron chi connectivity index (χ0n) is 9.42. The fraction of sp³-hybridized carbons (Fsp3) is 0.462. The molecule has 1 N–H and O–H groups in total. The van der Waals surface area contributed by atoms with Crippen molar-refractivity contribution in [1.29, 1.82) is 0 Å². The Morgan fingerprint density at radius 3 is 2.88 bits per heavy atom. The lowest BCUT2D eigenvalue weighted by Gasteiger charge is -2.25. The van der Waals surface area contributed by atoms with Crippen LogP contribution in [-0.4, -0.2) is 12.8 Å². The molecular weight excluding hydrogens is 205 g/mol. The molecule has 16 heavy (non-hydrogen) atoms. The lowest BCUT2D eigenvalue weighted by atomic mass is 9.93. The molecule has 2 rings (SSSR count). The highest BCUT2D eigenvalue weighted by atomic mass is 19.1. The maximum atomic E-state index is 13.5. The summed E-state index contributed by atoms with van der Waals surface area (Å²) in [6.45, 7) is 2.62. The summed E-state index contributed by atoms with van der Waals surface area (Å²) >= 11 is 0. The molecule has 1 saturated heterocycles. The van der Waals surface area contributed by atoms with Crippen LogP contribution in [0.1, 0.15) is 46.8 Å². The third-order valence-corrected chi connectivity index (χ3v) is 3.18. The molecule has 1 aromatic carbocycles. The van der Waals surface area contributed by atoms with Crippen LogP contribution in [0.25, 0.3) is 0 Å². The van der Waals surface area contributed by atoms with Crippen molar-refractivity contribution in [3.05, 3.63) is 34.6 Å². The maximum Gasteiger partial charge on any atom is 0.150 e. The van der Waals surface area contributed by atoms with Gasteiger partial charge in [0.15, 0.2) is 0 Å². The Balaban J connectivity index is 2.37. The molecule has 3 heteroatoms. The predicted molar refractivity (Wildman–Crippen MR) is 61.1 cm³/mol. The molecular formula is C13H16FNO. The van der Waals surface area contributed by atoms with Crippen LogP contribution in [0.3, 0.4) is 0 Å². The largest absolute Gasteiger partial charge is 0.310 e. The van der Waals surface area contributed by atoms with Crippen LogP contribution in [0.4, 0.5) is 4.39 Å². The van der Waals surface area contributed by atoms with Gasteiger partial charge in [-0.25, -0.2) is 4.39 Å². The van der Waals surface area contributed by atoms with E-state index in [4.69, 9.17) is 0 Å². The summed E-state index contributed by atoms with van der Waals surface area (Å²) in [5, 5.41) is 3.33. The highest BCUT2D eigenvalue weighted by molar-refractivity contribution is 5.78. The highest BCUT2D eigenvalue weighted by Crippen LogP contribution is 2.27. The van der Waals surface area contributed by atoms with Gasteiger partial charge in [0.25, 0.3) is 0 Å². The van der Waals surface area contributed by atoms with Crippen molar-refractivity contribution in [2.75, 3.05) is 6.54 Å². The van der Waals surface area contributed by atoms with E-state index in [1.165, 1.54) is 6.07 Å². The number of hydrogen-bond donors (Lipinski definition) is 1. The van der Waals surface area contributed by atoms with Gasteiger partial charge < -0.3 is 5.32 Å². The number of benzene rings is 1. The zero-order chi connectivity index (χ0) is 11.5. The molecule has 2 nitrogen and oxygen atoms in total. The summed E-state index contributed by atoms with van der Waals surface area (Å²) in [5.74, 6) is -0.229. The van der Waals surface area contributed by atoms with Crippen LogP contribution >= 0.6 is 0 Å². The second kappa shape index (κ2) is 4.74. The van der Waals surface area contributed by atoms with Gasteiger partial charge in [0, 0.05) is 11.6 Å². The summed E-state index contributed by atoms with van der Waals surface area (Å²) in [7, 11) is 0. The molecule has 1 aliphatic rings. The van der Waals surface area contributed by atoms with Gasteiger partial charge in [0.2, 0.25) is 0 Å². The van der Waals surface area contributed by atoms with Gasteiger partial charge in [-0.05, 0) is 49.6 Å². The van der Waals surface area contributed by atoms with Gasteiger partial charge in [0.05, 0.1) is 0 Å². The Labute approximate surface area is 94.9 Å². The van der Waals surface area contributed by atoms with Gasteiger partial charge in [-0.3, -0.25) is 4.79 Å². The first kappa shape index (κ1) is 11.3. The zero-order valence-corrected chi connectivity index (χ0v) is 9.42. The Bertz CT molecular complexity index is 397. The maximum absolute atomic E-state index is 13.5. The monoisotopic (exact) mass is 221 g/mol. The number of aryl methyl sites for hydroxylation is 1. The van der Waals surface area contributed by atoms with E-state index in [2.05, 4.69) is 5.32 Å². The molecule has 1 fully saturated rings. The smallest absolute Gasteiger partial charge is 0.150 e. The lowest BCUT2D eigenvalue weighted by Crippen LogP contribution is -2.27. The van der Waals surface area contributed by atoms with Crippen molar-refractivity contribution in [2.24, 2.45) is 0 Å². The first-order chi connectivity index (χ1) is 7.72. The van der Waals surface area contributed by atoms with Crippen LogP contribution in [-0.2, 0) is 0 Å². The number of rotatable bonds is 2. The lowest BCUT2D eigenvalue weighted by molar-refractivity contribution is 0.112. The number of nitrogens with one attached hydrogen (secondary N) is 1. The van der Waals surface area contributed by atoms with Crippen molar-refractivity contribution >= 4 is 6.29 Å². The average molecular weight is 221 g/mol. The molecule has 1 aliphatic heterocycles. The van der Waals surface area contributed by atoms with Gasteiger partial charge in [-0.2, -0.15) is 0 Å². The fourth-order valence-corrected chi connectivity index (χ4v) is 2.24. The Hall–Kier alpha value is -1.22. The Morgan fingerprint density at radius 1 is 1.44 bits per heavy atom. The van der Waals surface area contributed by atoms with Crippen molar-refractivity contribution in [3.63, 3.8) is 0 Å². The van der Waals surface area contributed by atoms with Gasteiger partial charge in [-0.15, -0.1) is 0 Å². The Kier molecular flexibility index (Phi) is 3.34. The molecule has 1 unspecified atom stereocenters. The van der Waals surface area contributed by atoms with E-state index in [0.29, 0.717) is 11.1 Å². The van der Waals surface area contributed by atoms with Crippen LogP contribution in [0.5, 0.6) is 0 Å². The third kappa shape index (κ3) is 2.14. The van der Waals surface area contributed by atoms with Gasteiger partial charge >= 0.3 is 0 Å². The molecule has 1 atom stereocenters. The normalized spacial score (nSPS) is 20.8. The van der Waals surface area contributed by atoms with Crippen LogP contribution in [0.2, 0.25) is 0 Å². The molecule has 0 aliphatic carbocycles. The number of carbonyl (C=O) groups excluding carboxylic acids is 1. The van der Waals surface area contributed by atoms with Gasteiger partial charge in [-0.1, -0.05) is 6.42 Å². The van der Waals surface area contributed by atoms with Crippen molar-refractivity contribution < 1.29 is 9.18 Å². The van der Waals surface area contributed by atoms with E-state index < -0.39 is 0 Å². The van der Waals surface area contributed by atoms with E-state index in [0.717, 1.165) is 37.7 Å². The van der Waals surface area contributed by atoms with E-state index in [9.17, 15) is 9.18 Å². The standard InChI is InChI=1S/C13H16FNO/c1-9-6-10(8-16)11(7-12(9)14)13-4-2-3-5-15-13/h6-8,13,15H,2-5H2,1H3. The minimum atomic E-state index is -0.229.